The number of Topliss-reactive ketones (excluding diaryl/α,β-unsaturated/α-hetero) is 3. The fourth-order valence-electron chi connectivity index (χ4n) is 12.7. The maximum Gasteiger partial charge on any atom is 0.410 e. The second kappa shape index (κ2) is 41.3. The number of carbonyl (C=O) groups is 9. The zero-order chi connectivity index (χ0) is 69.6. The fourth-order valence-corrected chi connectivity index (χ4v) is 13.5. The fraction of sp³-hybridized carbons (Fsp3) is 0.657. The van der Waals surface area contributed by atoms with E-state index in [1.54, 1.807) is 56.6 Å². The van der Waals surface area contributed by atoms with Crippen molar-refractivity contribution in [1.29, 1.82) is 0 Å². The highest BCUT2D eigenvalue weighted by Crippen LogP contribution is 2.34. The normalized spacial score (nSPS) is 16.4. The number of urea groups is 1. The van der Waals surface area contributed by atoms with Gasteiger partial charge in [-0.15, -0.1) is 11.3 Å². The molecule has 0 bridgehead atoms. The van der Waals surface area contributed by atoms with E-state index in [0.717, 1.165) is 17.0 Å². The molecule has 94 heavy (non-hydrogen) atoms. The first-order chi connectivity index (χ1) is 44.8. The van der Waals surface area contributed by atoms with Gasteiger partial charge in [-0.25, -0.2) is 20.5 Å². The maximum atomic E-state index is 14.9. The number of ether oxygens (including phenoxy) is 4. The van der Waals surface area contributed by atoms with E-state index in [0.29, 0.717) is 69.3 Å². The van der Waals surface area contributed by atoms with Crippen molar-refractivity contribution in [1.82, 2.24) is 30.3 Å². The lowest BCUT2D eigenvalue weighted by Gasteiger charge is -2.41. The molecule has 23 nitrogen and oxygen atoms in total. The Kier molecular flexibility index (Phi) is 35.0. The summed E-state index contributed by atoms with van der Waals surface area (Å²) in [6.45, 7) is 18.1. The van der Waals surface area contributed by atoms with Gasteiger partial charge in [0.1, 0.15) is 12.4 Å². The first-order valence-corrected chi connectivity index (χ1v) is 34.3. The molecule has 0 radical (unpaired) electrons. The van der Waals surface area contributed by atoms with Crippen molar-refractivity contribution in [2.75, 3.05) is 66.5 Å². The minimum absolute atomic E-state index is 0.0124. The van der Waals surface area contributed by atoms with E-state index in [1.807, 2.05) is 90.8 Å². The predicted octanol–water partition coefficient (Wildman–Crippen LogP) is 9.05. The Hall–Kier alpha value is -6.70. The van der Waals surface area contributed by atoms with Crippen molar-refractivity contribution in [3.63, 3.8) is 0 Å². The quantitative estimate of drug-likeness (QED) is 0.0260. The molecule has 0 saturated carbocycles. The number of primary amides is 1. The molecule has 524 valence electrons. The number of likely N-dealkylation sites (N-methyl/N-ethyl adjacent to an activating group) is 2. The van der Waals surface area contributed by atoms with Crippen LogP contribution in [0.1, 0.15) is 161 Å². The number of hydrogen-bond acceptors (Lipinski definition) is 17. The predicted molar refractivity (Wildman–Crippen MR) is 362 cm³/mol. The number of likely N-dealkylation sites (tertiary alicyclic amines) is 1. The van der Waals surface area contributed by atoms with Crippen molar-refractivity contribution in [2.45, 2.75) is 195 Å². The van der Waals surface area contributed by atoms with Gasteiger partial charge in [-0.1, -0.05) is 124 Å². The summed E-state index contributed by atoms with van der Waals surface area (Å²) in [7, 11) is 6.35. The number of methoxy groups -OCH3 is 2. The molecule has 1 aliphatic rings. The largest absolute Gasteiger partial charge is 0.445 e. The number of unbranched alkanes of at least 4 members (excludes halogenated alkanes) is 2. The molecule has 2 heterocycles. The lowest BCUT2D eigenvalue weighted by molar-refractivity contribution is -0.149. The van der Waals surface area contributed by atoms with Gasteiger partial charge in [-0.2, -0.15) is 0 Å². The molecule has 1 fully saturated rings. The molecule has 7 N–H and O–H groups in total. The van der Waals surface area contributed by atoms with Crippen LogP contribution in [-0.4, -0.2) is 170 Å². The highest BCUT2D eigenvalue weighted by molar-refractivity contribution is 7.09. The third-order valence-corrected chi connectivity index (χ3v) is 19.2. The van der Waals surface area contributed by atoms with Gasteiger partial charge in [0, 0.05) is 108 Å². The van der Waals surface area contributed by atoms with Gasteiger partial charge in [0.05, 0.1) is 67.6 Å². The Bertz CT molecular complexity index is 2830. The maximum absolute atomic E-state index is 14.9. The van der Waals surface area contributed by atoms with Crippen LogP contribution in [0.4, 0.5) is 15.3 Å². The second-order valence-electron chi connectivity index (χ2n) is 26.1. The first-order valence-electron chi connectivity index (χ1n) is 33.4. The summed E-state index contributed by atoms with van der Waals surface area (Å²) in [6, 6.07) is 13.4. The van der Waals surface area contributed by atoms with Crippen LogP contribution in [0, 0.1) is 41.4 Å². The summed E-state index contributed by atoms with van der Waals surface area (Å²) >= 11 is 1.54. The summed E-state index contributed by atoms with van der Waals surface area (Å²) < 4.78 is 23.4. The number of rotatable bonds is 44. The van der Waals surface area contributed by atoms with E-state index < -0.39 is 66.1 Å². The highest BCUT2D eigenvalue weighted by atomic mass is 32.1. The average molecular weight is 1330 g/mol. The van der Waals surface area contributed by atoms with E-state index in [2.05, 4.69) is 37.9 Å². The minimum atomic E-state index is -0.948. The molecule has 0 spiro atoms. The number of ketones is 3. The van der Waals surface area contributed by atoms with Gasteiger partial charge in [-0.05, 0) is 79.0 Å². The number of carbonyl (C=O) groups excluding carboxylic acids is 9. The molecule has 7 amide bonds. The van der Waals surface area contributed by atoms with Gasteiger partial charge in [0.15, 0.2) is 11.6 Å². The van der Waals surface area contributed by atoms with Crippen molar-refractivity contribution in [3.8, 4) is 0 Å². The van der Waals surface area contributed by atoms with E-state index in [4.69, 9.17) is 30.6 Å². The average Bonchev–Trinajstić information content (AvgIpc) is 1.42. The zero-order valence-electron chi connectivity index (χ0n) is 57.9. The van der Waals surface area contributed by atoms with Crippen LogP contribution in [0.25, 0.3) is 0 Å². The molecular weight excluding hydrogens is 1220 g/mol. The first kappa shape index (κ1) is 79.7. The number of anilines is 1. The molecule has 0 unspecified atom stereocenters. The zero-order valence-corrected chi connectivity index (χ0v) is 58.8. The van der Waals surface area contributed by atoms with Crippen LogP contribution in [0.5, 0.6) is 0 Å². The van der Waals surface area contributed by atoms with E-state index >= 15 is 0 Å². The van der Waals surface area contributed by atoms with Crippen molar-refractivity contribution in [2.24, 2.45) is 53.1 Å². The molecule has 3 aromatic rings. The molecule has 4 rings (SSSR count). The summed E-state index contributed by atoms with van der Waals surface area (Å²) in [5.41, 5.74) is 7.34. The molecule has 1 saturated heterocycles. The van der Waals surface area contributed by atoms with Crippen LogP contribution in [0.15, 0.2) is 66.2 Å². The summed E-state index contributed by atoms with van der Waals surface area (Å²) in [5.74, 6) is 0.0235. The molecule has 24 heteroatoms. The molecule has 0 aliphatic carbocycles. The van der Waals surface area contributed by atoms with Crippen LogP contribution < -0.4 is 27.6 Å². The number of nitrogens with zero attached hydrogens (tertiary/aromatic N) is 4. The van der Waals surface area contributed by atoms with Gasteiger partial charge >= 0.3 is 12.1 Å². The lowest BCUT2D eigenvalue weighted by atomic mass is 9.83. The minimum Gasteiger partial charge on any atom is -0.445 e. The van der Waals surface area contributed by atoms with Crippen LogP contribution in [-0.2, 0) is 70.4 Å². The topological polar surface area (TPSA) is 311 Å². The number of hydrogen-bond donors (Lipinski definition) is 5. The third kappa shape index (κ3) is 25.1. The number of thiazole rings is 1. The number of benzene rings is 2. The Morgan fingerprint density at radius 1 is 0.766 bits per heavy atom. The smallest absolute Gasteiger partial charge is 0.410 e. The van der Waals surface area contributed by atoms with Crippen LogP contribution in [0.3, 0.4) is 0 Å². The number of amides is 7. The Balaban J connectivity index is 1.41. The SMILES string of the molecule is CC[C@H](C)[C@@H]([C@@H](CC(=O)N1CCC[C@H]1[C@H](OC)[C@@H](C)C(=O)C[C@@H](Cc1ccccc1)c1nccs1)OC)N(C)C(=O)[C@@H](CC(=O)[C@H](C(C)C)N(C)C(=O)OCc1ccc(NC(=O)[C@H](CCCCCNC(N)=O)CC(=O)[C@@H](NC(=O)CCOCCON)C(C)C)cc1)C(C)C. The van der Waals surface area contributed by atoms with Gasteiger partial charge in [0.2, 0.25) is 23.6 Å². The van der Waals surface area contributed by atoms with Crippen molar-refractivity contribution in [3.05, 3.63) is 82.3 Å². The standard InChI is InChI=1S/C70H109N9O14S/c1-14-47(8)64(59(89-12)42-61(84)79-33-21-25-55(79)65(90-13)48(9)56(80)40-52(67-73-32-37-94-67)38-49-22-17-15-18-23-49)77(10)68(86)54(44(2)3)41-58(82)63(46(6)7)78(11)70(88)92-43-50-26-28-53(29-27-50)75-66(85)51(24-19-16-20-31-74-69(71)87)39-57(81)62(45(4)5)76-60(83)30-34-91-35-36-93-72/h15,17-18,22-23,26-29,32,37,44-48,51-52,54-55,59,62-65H,14,16,19-21,24-25,30-31,33-36,38-43,72H2,1-13H3,(H,75,85)(H,76,83)(H3,71,74,87)/t47-,48-,51+,52+,54-,55-,59+,62-,63-,64-,65+/m0/s1. The highest BCUT2D eigenvalue weighted by Gasteiger charge is 2.44. The van der Waals surface area contributed by atoms with Gasteiger partial charge in [0.25, 0.3) is 0 Å². The second-order valence-corrected chi connectivity index (χ2v) is 27.0. The molecular formula is C70H109N9O14S. The number of nitrogens with two attached hydrogens (primary N) is 2. The van der Waals surface area contributed by atoms with Crippen molar-refractivity contribution < 1.29 is 66.9 Å². The van der Waals surface area contributed by atoms with Crippen LogP contribution >= 0.6 is 11.3 Å². The lowest BCUT2D eigenvalue weighted by Crippen LogP contribution is -2.54. The Morgan fingerprint density at radius 3 is 2.06 bits per heavy atom. The van der Waals surface area contributed by atoms with E-state index in [-0.39, 0.29) is 129 Å². The van der Waals surface area contributed by atoms with Gasteiger partial charge < -0.3 is 60.2 Å². The summed E-state index contributed by atoms with van der Waals surface area (Å²) in [5, 5.41) is 11.1. The number of aromatic nitrogens is 1. The van der Waals surface area contributed by atoms with E-state index in [9.17, 15) is 43.2 Å². The molecule has 2 aromatic carbocycles. The molecule has 11 atom stereocenters. The Morgan fingerprint density at radius 2 is 1.47 bits per heavy atom. The Labute approximate surface area is 561 Å². The van der Waals surface area contributed by atoms with Crippen molar-refractivity contribution >= 4 is 70.1 Å². The summed E-state index contributed by atoms with van der Waals surface area (Å²) in [6.07, 6.45) is 4.60. The van der Waals surface area contributed by atoms with Gasteiger partial charge in [-0.3, -0.25) is 33.6 Å². The molecule has 1 aromatic heterocycles. The monoisotopic (exact) mass is 1330 g/mol. The summed E-state index contributed by atoms with van der Waals surface area (Å²) in [4.78, 5) is 138. The number of nitrogens with one attached hydrogen (secondary N) is 3. The third-order valence-electron chi connectivity index (χ3n) is 18.2. The van der Waals surface area contributed by atoms with E-state index in [1.165, 1.54) is 23.3 Å². The van der Waals surface area contributed by atoms with Crippen LogP contribution in [0.2, 0.25) is 0 Å². The molecule has 1 aliphatic heterocycles.